The predicted molar refractivity (Wildman–Crippen MR) is 63.3 cm³/mol. The van der Waals surface area contributed by atoms with Crippen molar-refractivity contribution in [1.29, 1.82) is 0 Å². The second-order valence-electron chi connectivity index (χ2n) is 3.62. The predicted octanol–water partition coefficient (Wildman–Crippen LogP) is 2.20. The summed E-state index contributed by atoms with van der Waals surface area (Å²) in [5.74, 6) is -0.336. The minimum absolute atomic E-state index is 0.0949. The molecular weight excluding hydrogens is 262 g/mol. The number of benzene rings is 1. The Bertz CT molecular complexity index is 356. The zero-order chi connectivity index (χ0) is 11.6. The van der Waals surface area contributed by atoms with E-state index in [0.29, 0.717) is 4.47 Å². The van der Waals surface area contributed by atoms with Gasteiger partial charge in [0, 0.05) is 9.94 Å². The fraction of sp³-hybridized carbons (Fsp3) is 0.400. The van der Waals surface area contributed by atoms with Gasteiger partial charge in [0.05, 0.1) is 6.10 Å². The number of halogens is 2. The Balaban J connectivity index is 3.16. The van der Waals surface area contributed by atoms with Crippen LogP contribution >= 0.6 is 15.9 Å². The Morgan fingerprint density at radius 3 is 2.53 bits per heavy atom. The van der Waals surface area contributed by atoms with Gasteiger partial charge in [0.15, 0.2) is 11.6 Å². The van der Waals surface area contributed by atoms with Crippen LogP contribution in [0.25, 0.3) is 0 Å². The highest BCUT2D eigenvalue weighted by Gasteiger charge is 2.20. The zero-order valence-corrected chi connectivity index (χ0v) is 10.5. The van der Waals surface area contributed by atoms with Gasteiger partial charge in [0.1, 0.15) is 0 Å². The smallest absolute Gasteiger partial charge is 0.324 e. The number of hydrogen-bond donors (Lipinski definition) is 1. The third-order valence-electron chi connectivity index (χ3n) is 1.87. The monoisotopic (exact) mass is 274 g/mol. The minimum atomic E-state index is -0.866. The Morgan fingerprint density at radius 2 is 2.07 bits per heavy atom. The maximum Gasteiger partial charge on any atom is 0.324 e. The molecule has 0 bridgehead atoms. The maximum absolute atomic E-state index is 13.8. The molecule has 0 fully saturated rings. The van der Waals surface area contributed by atoms with Crippen molar-refractivity contribution in [3.8, 4) is 5.75 Å². The molecule has 15 heavy (non-hydrogen) atoms. The molecule has 0 aliphatic carbocycles. The highest BCUT2D eigenvalue weighted by atomic mass is 79.9. The summed E-state index contributed by atoms with van der Waals surface area (Å²) in [6.07, 6.45) is -0.0949. The molecule has 2 nitrogen and oxygen atoms in total. The van der Waals surface area contributed by atoms with Gasteiger partial charge in [0.25, 0.3) is 0 Å². The summed E-state index contributed by atoms with van der Waals surface area (Å²) in [7, 11) is 0. The van der Waals surface area contributed by atoms with Crippen LogP contribution in [0.15, 0.2) is 16.6 Å². The fourth-order valence-corrected chi connectivity index (χ4v) is 1.91. The summed E-state index contributed by atoms with van der Waals surface area (Å²) < 4.78 is 19.7. The SMILES string of the molecule is CB(O)c1c(Br)ccc(OC(C)C)c1F. The molecule has 0 saturated heterocycles. The third-order valence-corrected chi connectivity index (χ3v) is 2.56. The number of ether oxygens (including phenoxy) is 1. The molecule has 0 aliphatic rings. The van der Waals surface area contributed by atoms with Crippen molar-refractivity contribution in [3.63, 3.8) is 0 Å². The molecule has 0 aliphatic heterocycles. The third kappa shape index (κ3) is 2.95. The largest absolute Gasteiger partial charge is 0.488 e. The summed E-state index contributed by atoms with van der Waals surface area (Å²) in [6.45, 7) is 4.30. The quantitative estimate of drug-likeness (QED) is 0.857. The molecule has 82 valence electrons. The minimum Gasteiger partial charge on any atom is -0.488 e. The Morgan fingerprint density at radius 1 is 1.47 bits per heavy atom. The van der Waals surface area contributed by atoms with E-state index in [1.807, 2.05) is 13.8 Å². The van der Waals surface area contributed by atoms with E-state index in [-0.39, 0.29) is 17.3 Å². The molecule has 0 radical (unpaired) electrons. The second kappa shape index (κ2) is 4.99. The van der Waals surface area contributed by atoms with E-state index in [1.54, 1.807) is 12.1 Å². The van der Waals surface area contributed by atoms with Crippen molar-refractivity contribution < 1.29 is 14.2 Å². The van der Waals surface area contributed by atoms with Crippen LogP contribution in [0, 0.1) is 5.82 Å². The highest BCUT2D eigenvalue weighted by Crippen LogP contribution is 2.21. The molecule has 0 amide bonds. The summed E-state index contributed by atoms with van der Waals surface area (Å²) >= 11 is 3.19. The van der Waals surface area contributed by atoms with Crippen molar-refractivity contribution in [2.75, 3.05) is 0 Å². The Hall–Kier alpha value is -0.545. The molecule has 0 saturated carbocycles. The van der Waals surface area contributed by atoms with Crippen LogP contribution in [0.4, 0.5) is 4.39 Å². The van der Waals surface area contributed by atoms with Gasteiger partial charge in [-0.15, -0.1) is 0 Å². The van der Waals surface area contributed by atoms with Gasteiger partial charge in [-0.1, -0.05) is 22.8 Å². The molecule has 0 atom stereocenters. The first-order valence-corrected chi connectivity index (χ1v) is 5.55. The van der Waals surface area contributed by atoms with Crippen molar-refractivity contribution in [3.05, 3.63) is 22.4 Å². The van der Waals surface area contributed by atoms with E-state index in [2.05, 4.69) is 15.9 Å². The van der Waals surface area contributed by atoms with E-state index < -0.39 is 12.7 Å². The number of rotatable bonds is 3. The van der Waals surface area contributed by atoms with Gasteiger partial charge < -0.3 is 9.76 Å². The van der Waals surface area contributed by atoms with E-state index in [4.69, 9.17) is 4.74 Å². The molecule has 0 aromatic heterocycles. The summed E-state index contributed by atoms with van der Waals surface area (Å²) in [6, 6.07) is 3.22. The Kier molecular flexibility index (Phi) is 4.17. The van der Waals surface area contributed by atoms with Crippen LogP contribution in [0.1, 0.15) is 13.8 Å². The Labute approximate surface area is 97.7 Å². The van der Waals surface area contributed by atoms with Gasteiger partial charge in [0.2, 0.25) is 0 Å². The number of hydrogen-bond acceptors (Lipinski definition) is 2. The lowest BCUT2D eigenvalue weighted by molar-refractivity contribution is 0.231. The standard InChI is InChI=1S/C10H13BBrFO2/c1-6(2)15-8-5-4-7(12)9(10(8)13)11(3)14/h4-6,14H,1-3H3. The first-order chi connectivity index (χ1) is 6.93. The van der Waals surface area contributed by atoms with Gasteiger partial charge in [-0.25, -0.2) is 4.39 Å². The molecule has 1 N–H and O–H groups in total. The van der Waals surface area contributed by atoms with Crippen LogP contribution in [0.2, 0.25) is 6.82 Å². The lowest BCUT2D eigenvalue weighted by Crippen LogP contribution is -2.31. The van der Waals surface area contributed by atoms with Crippen LogP contribution in [-0.4, -0.2) is 18.0 Å². The lowest BCUT2D eigenvalue weighted by atomic mass is 9.64. The van der Waals surface area contributed by atoms with Crippen LogP contribution in [-0.2, 0) is 0 Å². The van der Waals surface area contributed by atoms with Gasteiger partial charge >= 0.3 is 6.92 Å². The van der Waals surface area contributed by atoms with Crippen molar-refractivity contribution in [2.45, 2.75) is 26.8 Å². The summed E-state index contributed by atoms with van der Waals surface area (Å²) in [5.41, 5.74) is 0.230. The summed E-state index contributed by atoms with van der Waals surface area (Å²) in [4.78, 5) is 0. The zero-order valence-electron chi connectivity index (χ0n) is 8.92. The molecule has 1 aromatic carbocycles. The van der Waals surface area contributed by atoms with E-state index in [0.717, 1.165) is 0 Å². The van der Waals surface area contributed by atoms with Crippen molar-refractivity contribution >= 4 is 28.3 Å². The van der Waals surface area contributed by atoms with Crippen molar-refractivity contribution in [1.82, 2.24) is 0 Å². The second-order valence-corrected chi connectivity index (χ2v) is 4.47. The molecule has 0 heterocycles. The van der Waals surface area contributed by atoms with E-state index in [9.17, 15) is 9.41 Å². The van der Waals surface area contributed by atoms with Gasteiger partial charge in [-0.3, -0.25) is 0 Å². The first kappa shape index (κ1) is 12.5. The van der Waals surface area contributed by atoms with Gasteiger partial charge in [-0.05, 0) is 26.0 Å². The maximum atomic E-state index is 13.8. The first-order valence-electron chi connectivity index (χ1n) is 4.76. The average molecular weight is 275 g/mol. The van der Waals surface area contributed by atoms with Crippen LogP contribution in [0.3, 0.4) is 0 Å². The normalized spacial score (nSPS) is 10.6. The summed E-state index contributed by atoms with van der Waals surface area (Å²) in [5, 5.41) is 9.42. The van der Waals surface area contributed by atoms with E-state index in [1.165, 1.54) is 6.82 Å². The van der Waals surface area contributed by atoms with Crippen LogP contribution in [0.5, 0.6) is 5.75 Å². The molecular formula is C10H13BBrFO2. The fourth-order valence-electron chi connectivity index (χ4n) is 1.28. The molecule has 0 unspecified atom stereocenters. The average Bonchev–Trinajstić information content (AvgIpc) is 2.09. The lowest BCUT2D eigenvalue weighted by Gasteiger charge is -2.14. The highest BCUT2D eigenvalue weighted by molar-refractivity contribution is 9.10. The molecule has 1 aromatic rings. The molecule has 1 rings (SSSR count). The van der Waals surface area contributed by atoms with Gasteiger partial charge in [-0.2, -0.15) is 0 Å². The van der Waals surface area contributed by atoms with Crippen LogP contribution < -0.4 is 10.2 Å². The molecule has 0 spiro atoms. The topological polar surface area (TPSA) is 29.5 Å². The van der Waals surface area contributed by atoms with E-state index >= 15 is 0 Å². The molecule has 5 heteroatoms. The van der Waals surface area contributed by atoms with Crippen molar-refractivity contribution in [2.24, 2.45) is 0 Å².